The number of aromatic nitrogens is 1. The van der Waals surface area contributed by atoms with Gasteiger partial charge in [0.1, 0.15) is 11.4 Å². The van der Waals surface area contributed by atoms with Crippen LogP contribution in [0.3, 0.4) is 0 Å². The zero-order valence-corrected chi connectivity index (χ0v) is 12.5. The molecule has 0 fully saturated rings. The van der Waals surface area contributed by atoms with Crippen molar-refractivity contribution in [3.8, 4) is 16.9 Å². The van der Waals surface area contributed by atoms with Gasteiger partial charge in [0.25, 0.3) is 11.0 Å². The topological polar surface area (TPSA) is 47.8 Å². The average Bonchev–Trinajstić information content (AvgIpc) is 2.93. The third-order valence-corrected chi connectivity index (χ3v) is 3.64. The van der Waals surface area contributed by atoms with Crippen molar-refractivity contribution in [1.82, 2.24) is 4.40 Å². The molecule has 0 unspecified atom stereocenters. The van der Waals surface area contributed by atoms with Gasteiger partial charge >= 0.3 is 0 Å². The largest absolute Gasteiger partial charge is 0.496 e. The lowest BCUT2D eigenvalue weighted by Gasteiger charge is -2.08. The predicted molar refractivity (Wildman–Crippen MR) is 84.6 cm³/mol. The molecule has 0 atom stereocenters. The molecule has 0 aliphatic carbocycles. The van der Waals surface area contributed by atoms with Crippen molar-refractivity contribution in [2.75, 3.05) is 7.11 Å². The van der Waals surface area contributed by atoms with Gasteiger partial charge in [0.15, 0.2) is 0 Å². The predicted octanol–water partition coefficient (Wildman–Crippen LogP) is 3.56. The normalized spacial score (nSPS) is 10.6. The molecule has 5 heteroatoms. The van der Waals surface area contributed by atoms with Gasteiger partial charge in [-0.05, 0) is 35.9 Å². The van der Waals surface area contributed by atoms with Crippen LogP contribution in [-0.4, -0.2) is 22.5 Å². The van der Waals surface area contributed by atoms with E-state index in [0.29, 0.717) is 11.3 Å². The minimum atomic E-state index is -1.01. The summed E-state index contributed by atoms with van der Waals surface area (Å²) in [7, 11) is 1.56. The fourth-order valence-electron chi connectivity index (χ4n) is 2.52. The molecule has 2 aromatic heterocycles. The van der Waals surface area contributed by atoms with Crippen LogP contribution < -0.4 is 4.74 Å². The van der Waals surface area contributed by atoms with Crippen LogP contribution in [0.1, 0.15) is 10.5 Å². The Kier molecular flexibility index (Phi) is 3.69. The summed E-state index contributed by atoms with van der Waals surface area (Å²) in [5.74, 6) is -0.122. The molecule has 3 aromatic rings. The number of nitrogens with zero attached hydrogens (tertiary/aromatic N) is 1. The number of methoxy groups -OCH3 is 1. The van der Waals surface area contributed by atoms with E-state index in [0.717, 1.165) is 11.1 Å². The van der Waals surface area contributed by atoms with Crippen molar-refractivity contribution in [2.45, 2.75) is 0 Å². The Morgan fingerprint density at radius 1 is 1.05 bits per heavy atom. The quantitative estimate of drug-likeness (QED) is 0.420. The first-order valence-corrected chi connectivity index (χ1v) is 6.99. The summed E-state index contributed by atoms with van der Waals surface area (Å²) in [5.41, 5.74) is 2.38. The molecule has 0 saturated heterocycles. The molecular formula is C17H12ClNO3. The van der Waals surface area contributed by atoms with Gasteiger partial charge in [-0.3, -0.25) is 9.59 Å². The third kappa shape index (κ3) is 2.27. The molecule has 0 aliphatic rings. The highest BCUT2D eigenvalue weighted by molar-refractivity contribution is 6.83. The summed E-state index contributed by atoms with van der Waals surface area (Å²) in [5, 5.41) is -1.01. The molecule has 22 heavy (non-hydrogen) atoms. The highest BCUT2D eigenvalue weighted by atomic mass is 35.5. The molecule has 0 bridgehead atoms. The fraction of sp³-hybridized carbons (Fsp3) is 0.0588. The van der Waals surface area contributed by atoms with Crippen LogP contribution >= 0.6 is 11.6 Å². The lowest BCUT2D eigenvalue weighted by atomic mass is 10.0. The van der Waals surface area contributed by atoms with Gasteiger partial charge in [-0.15, -0.1) is 0 Å². The van der Waals surface area contributed by atoms with E-state index in [-0.39, 0.29) is 5.69 Å². The van der Waals surface area contributed by atoms with E-state index in [2.05, 4.69) is 0 Å². The zero-order valence-electron chi connectivity index (χ0n) is 11.7. The lowest BCUT2D eigenvalue weighted by molar-refractivity contribution is -0.108. The molecule has 3 rings (SSSR count). The molecule has 4 nitrogen and oxygen atoms in total. The standard InChI is InChI=1S/C17H12ClNO3/c1-22-14-8-3-2-7-12(14)13-10-11-6-4-5-9-19(11)15(13)16(20)17(18)21/h2-10H,1H3. The SMILES string of the molecule is COc1ccccc1-c1cc2ccccn2c1C(=O)C(=O)Cl. The number of ether oxygens (including phenoxy) is 1. The number of Topliss-reactive ketones (excluding diaryl/α,β-unsaturated/α-hetero) is 1. The smallest absolute Gasteiger partial charge is 0.294 e. The summed E-state index contributed by atoms with van der Waals surface area (Å²) in [6, 6.07) is 14.7. The number of benzene rings is 1. The van der Waals surface area contributed by atoms with Crippen molar-refractivity contribution in [3.63, 3.8) is 0 Å². The highest BCUT2D eigenvalue weighted by Gasteiger charge is 2.24. The number of hydrogen-bond donors (Lipinski definition) is 0. The number of fused-ring (bicyclic) bond motifs is 1. The monoisotopic (exact) mass is 313 g/mol. The fourth-order valence-corrected chi connectivity index (χ4v) is 2.61. The van der Waals surface area contributed by atoms with Crippen molar-refractivity contribution in [3.05, 3.63) is 60.4 Å². The Morgan fingerprint density at radius 3 is 2.50 bits per heavy atom. The van der Waals surface area contributed by atoms with Crippen molar-refractivity contribution >= 4 is 28.1 Å². The van der Waals surface area contributed by atoms with Gasteiger partial charge in [-0.1, -0.05) is 24.3 Å². The number of rotatable bonds is 4. The second kappa shape index (κ2) is 5.66. The number of pyridine rings is 1. The van der Waals surface area contributed by atoms with E-state index in [1.165, 1.54) is 0 Å². The molecule has 0 aliphatic heterocycles. The maximum absolute atomic E-state index is 12.3. The van der Waals surface area contributed by atoms with Crippen molar-refractivity contribution < 1.29 is 14.3 Å². The number of carbonyl (C=O) groups excluding carboxylic acids is 2. The molecule has 0 spiro atoms. The first kappa shape index (κ1) is 14.4. The summed E-state index contributed by atoms with van der Waals surface area (Å²) in [4.78, 5) is 23.7. The van der Waals surface area contributed by atoms with Gasteiger partial charge < -0.3 is 9.14 Å². The first-order chi connectivity index (χ1) is 10.6. The summed E-state index contributed by atoms with van der Waals surface area (Å²) in [6.07, 6.45) is 1.72. The summed E-state index contributed by atoms with van der Waals surface area (Å²) in [6.45, 7) is 0. The van der Waals surface area contributed by atoms with Gasteiger partial charge in [0, 0.05) is 22.8 Å². The number of halogens is 1. The Hall–Kier alpha value is -2.59. The molecular weight excluding hydrogens is 302 g/mol. The first-order valence-electron chi connectivity index (χ1n) is 6.61. The van der Waals surface area contributed by atoms with Gasteiger partial charge in [0.05, 0.1) is 7.11 Å². The van der Waals surface area contributed by atoms with E-state index in [4.69, 9.17) is 16.3 Å². The lowest BCUT2D eigenvalue weighted by Crippen LogP contribution is -2.11. The Morgan fingerprint density at radius 2 is 1.77 bits per heavy atom. The van der Waals surface area contributed by atoms with Crippen LogP contribution in [0, 0.1) is 0 Å². The van der Waals surface area contributed by atoms with Crippen molar-refractivity contribution in [2.24, 2.45) is 0 Å². The molecule has 0 saturated carbocycles. The van der Waals surface area contributed by atoms with Crippen molar-refractivity contribution in [1.29, 1.82) is 0 Å². The van der Waals surface area contributed by atoms with Crippen LogP contribution in [0.2, 0.25) is 0 Å². The minimum Gasteiger partial charge on any atom is -0.496 e. The van der Waals surface area contributed by atoms with E-state index in [1.807, 2.05) is 36.4 Å². The number of para-hydroxylation sites is 1. The third-order valence-electron chi connectivity index (χ3n) is 3.47. The molecule has 2 heterocycles. The molecule has 0 amide bonds. The van der Waals surface area contributed by atoms with Crippen LogP contribution in [0.5, 0.6) is 5.75 Å². The summed E-state index contributed by atoms with van der Waals surface area (Å²) >= 11 is 5.42. The maximum Gasteiger partial charge on any atom is 0.294 e. The van der Waals surface area contributed by atoms with Gasteiger partial charge in [-0.25, -0.2) is 0 Å². The number of ketones is 1. The maximum atomic E-state index is 12.3. The number of carbonyl (C=O) groups is 2. The molecule has 0 radical (unpaired) electrons. The summed E-state index contributed by atoms with van der Waals surface area (Å²) < 4.78 is 7.01. The molecule has 1 aromatic carbocycles. The van der Waals surface area contributed by atoms with Crippen LogP contribution in [0.25, 0.3) is 16.6 Å². The Balaban J connectivity index is 2.36. The molecule has 0 N–H and O–H groups in total. The zero-order chi connectivity index (χ0) is 15.7. The Bertz CT molecular complexity index is 882. The number of hydrogen-bond acceptors (Lipinski definition) is 3. The van der Waals surface area contributed by atoms with Gasteiger partial charge in [0.2, 0.25) is 0 Å². The second-order valence-corrected chi connectivity index (χ2v) is 5.05. The van der Waals surface area contributed by atoms with E-state index in [9.17, 15) is 9.59 Å². The van der Waals surface area contributed by atoms with Crippen LogP contribution in [-0.2, 0) is 4.79 Å². The van der Waals surface area contributed by atoms with Gasteiger partial charge in [-0.2, -0.15) is 0 Å². The highest BCUT2D eigenvalue weighted by Crippen LogP contribution is 2.34. The van der Waals surface area contributed by atoms with E-state index >= 15 is 0 Å². The second-order valence-electron chi connectivity index (χ2n) is 4.71. The minimum absolute atomic E-state index is 0.236. The average molecular weight is 314 g/mol. The van der Waals surface area contributed by atoms with Crippen LogP contribution in [0.4, 0.5) is 0 Å². The Labute approximate surface area is 131 Å². The van der Waals surface area contributed by atoms with E-state index < -0.39 is 11.0 Å². The molecule has 110 valence electrons. The van der Waals surface area contributed by atoms with E-state index in [1.54, 1.807) is 29.8 Å². The van der Waals surface area contributed by atoms with Crippen LogP contribution in [0.15, 0.2) is 54.7 Å².